The Morgan fingerprint density at radius 1 is 1.11 bits per heavy atom. The van der Waals surface area contributed by atoms with Crippen LogP contribution in [-0.4, -0.2) is 33.8 Å². The lowest BCUT2D eigenvalue weighted by atomic mass is 10.1. The van der Waals surface area contributed by atoms with Crippen molar-refractivity contribution in [3.05, 3.63) is 29.3 Å². The molecule has 3 nitrogen and oxygen atoms in total. The molecule has 0 amide bonds. The fourth-order valence-electron chi connectivity index (χ4n) is 2.17. The Morgan fingerprint density at radius 3 is 2.58 bits per heavy atom. The van der Waals surface area contributed by atoms with Crippen LogP contribution in [0.4, 0.5) is 0 Å². The standard InChI is InChI=1S/C16H28N2O/c1-4-15-13-14(7-8-16(15)19-3)9-12-18-11-6-5-10-17-2/h7-8,13,17-18H,4-6,9-12H2,1-3H3. The molecule has 1 rings (SSSR count). The van der Waals surface area contributed by atoms with Gasteiger partial charge in [0.05, 0.1) is 7.11 Å². The second kappa shape index (κ2) is 9.82. The molecule has 0 saturated heterocycles. The van der Waals surface area contributed by atoms with Gasteiger partial charge in [-0.2, -0.15) is 0 Å². The van der Waals surface area contributed by atoms with Gasteiger partial charge in [0.2, 0.25) is 0 Å². The van der Waals surface area contributed by atoms with E-state index in [9.17, 15) is 0 Å². The number of hydrogen-bond acceptors (Lipinski definition) is 3. The lowest BCUT2D eigenvalue weighted by Crippen LogP contribution is -2.19. The number of rotatable bonds is 10. The van der Waals surface area contributed by atoms with Crippen molar-refractivity contribution in [1.82, 2.24) is 10.6 Å². The van der Waals surface area contributed by atoms with Crippen molar-refractivity contribution >= 4 is 0 Å². The number of benzene rings is 1. The molecule has 0 bridgehead atoms. The van der Waals surface area contributed by atoms with Crippen molar-refractivity contribution in [2.45, 2.75) is 32.6 Å². The van der Waals surface area contributed by atoms with Crippen molar-refractivity contribution in [3.63, 3.8) is 0 Å². The number of unbranched alkanes of at least 4 members (excludes halogenated alkanes) is 1. The van der Waals surface area contributed by atoms with Crippen molar-refractivity contribution in [3.8, 4) is 5.75 Å². The van der Waals surface area contributed by atoms with Gasteiger partial charge >= 0.3 is 0 Å². The normalized spacial score (nSPS) is 10.7. The molecule has 0 atom stereocenters. The maximum atomic E-state index is 5.35. The van der Waals surface area contributed by atoms with Crippen LogP contribution < -0.4 is 15.4 Å². The molecule has 0 radical (unpaired) electrons. The lowest BCUT2D eigenvalue weighted by molar-refractivity contribution is 0.410. The van der Waals surface area contributed by atoms with Crippen LogP contribution in [0, 0.1) is 0 Å². The molecule has 0 aromatic heterocycles. The predicted octanol–water partition coefficient (Wildman–Crippen LogP) is 2.39. The highest BCUT2D eigenvalue weighted by Crippen LogP contribution is 2.20. The molecule has 0 fully saturated rings. The predicted molar refractivity (Wildman–Crippen MR) is 82.1 cm³/mol. The maximum Gasteiger partial charge on any atom is 0.122 e. The molecule has 2 N–H and O–H groups in total. The van der Waals surface area contributed by atoms with E-state index in [0.717, 1.165) is 38.2 Å². The Labute approximate surface area is 117 Å². The molecule has 3 heteroatoms. The van der Waals surface area contributed by atoms with Crippen LogP contribution in [0.15, 0.2) is 18.2 Å². The fraction of sp³-hybridized carbons (Fsp3) is 0.625. The van der Waals surface area contributed by atoms with Crippen LogP contribution in [0.5, 0.6) is 5.75 Å². The Kier molecular flexibility index (Phi) is 8.26. The second-order valence-electron chi connectivity index (χ2n) is 4.81. The van der Waals surface area contributed by atoms with Gasteiger partial charge in [-0.3, -0.25) is 0 Å². The van der Waals surface area contributed by atoms with Crippen LogP contribution in [0.25, 0.3) is 0 Å². The molecule has 0 spiro atoms. The Balaban J connectivity index is 2.26. The zero-order valence-electron chi connectivity index (χ0n) is 12.6. The minimum Gasteiger partial charge on any atom is -0.496 e. The summed E-state index contributed by atoms with van der Waals surface area (Å²) in [7, 11) is 3.74. The molecule has 0 saturated carbocycles. The summed E-state index contributed by atoms with van der Waals surface area (Å²) in [6.45, 7) is 5.44. The van der Waals surface area contributed by atoms with E-state index >= 15 is 0 Å². The molecule has 1 aromatic carbocycles. The molecular weight excluding hydrogens is 236 g/mol. The van der Waals surface area contributed by atoms with Crippen molar-refractivity contribution < 1.29 is 4.74 Å². The molecule has 0 aliphatic rings. The van der Waals surface area contributed by atoms with E-state index in [2.05, 4.69) is 35.8 Å². The minimum atomic E-state index is 1.01. The van der Waals surface area contributed by atoms with Gasteiger partial charge in [0.15, 0.2) is 0 Å². The maximum absolute atomic E-state index is 5.35. The largest absolute Gasteiger partial charge is 0.496 e. The van der Waals surface area contributed by atoms with Gasteiger partial charge in [0, 0.05) is 0 Å². The van der Waals surface area contributed by atoms with Crippen LogP contribution in [0.3, 0.4) is 0 Å². The fourth-order valence-corrected chi connectivity index (χ4v) is 2.17. The van der Waals surface area contributed by atoms with E-state index in [1.54, 1.807) is 7.11 Å². The van der Waals surface area contributed by atoms with Crippen molar-refractivity contribution in [2.75, 3.05) is 33.8 Å². The summed E-state index contributed by atoms with van der Waals surface area (Å²) >= 11 is 0. The monoisotopic (exact) mass is 264 g/mol. The number of hydrogen-bond donors (Lipinski definition) is 2. The van der Waals surface area contributed by atoms with E-state index < -0.39 is 0 Å². The van der Waals surface area contributed by atoms with Gasteiger partial charge in [-0.25, -0.2) is 0 Å². The van der Waals surface area contributed by atoms with Gasteiger partial charge in [0.1, 0.15) is 5.75 Å². The highest BCUT2D eigenvalue weighted by molar-refractivity contribution is 5.37. The highest BCUT2D eigenvalue weighted by Gasteiger charge is 2.02. The SMILES string of the molecule is CCc1cc(CCNCCCCNC)ccc1OC. The number of nitrogens with one attached hydrogen (secondary N) is 2. The summed E-state index contributed by atoms with van der Waals surface area (Å²) in [6, 6.07) is 6.52. The summed E-state index contributed by atoms with van der Waals surface area (Å²) in [5, 5.41) is 6.67. The smallest absolute Gasteiger partial charge is 0.122 e. The summed E-state index contributed by atoms with van der Waals surface area (Å²) in [5.74, 6) is 1.01. The van der Waals surface area contributed by atoms with Crippen molar-refractivity contribution in [1.29, 1.82) is 0 Å². The summed E-state index contributed by atoms with van der Waals surface area (Å²) < 4.78 is 5.35. The van der Waals surface area contributed by atoms with E-state index in [4.69, 9.17) is 4.74 Å². The minimum absolute atomic E-state index is 1.01. The average molecular weight is 264 g/mol. The van der Waals surface area contributed by atoms with Crippen LogP contribution in [0.2, 0.25) is 0 Å². The van der Waals surface area contributed by atoms with Gasteiger partial charge in [0.25, 0.3) is 0 Å². The average Bonchev–Trinajstić information content (AvgIpc) is 2.46. The highest BCUT2D eigenvalue weighted by atomic mass is 16.5. The first kappa shape index (κ1) is 16.0. The van der Waals surface area contributed by atoms with E-state index in [0.29, 0.717) is 0 Å². The Morgan fingerprint density at radius 2 is 1.89 bits per heavy atom. The second-order valence-corrected chi connectivity index (χ2v) is 4.81. The molecule has 0 heterocycles. The topological polar surface area (TPSA) is 33.3 Å². The zero-order chi connectivity index (χ0) is 13.9. The first-order valence-corrected chi connectivity index (χ1v) is 7.33. The summed E-state index contributed by atoms with van der Waals surface area (Å²) in [5.41, 5.74) is 2.69. The lowest BCUT2D eigenvalue weighted by Gasteiger charge is -2.10. The summed E-state index contributed by atoms with van der Waals surface area (Å²) in [4.78, 5) is 0. The molecule has 19 heavy (non-hydrogen) atoms. The van der Waals surface area contributed by atoms with Gasteiger partial charge in [-0.15, -0.1) is 0 Å². The van der Waals surface area contributed by atoms with Gasteiger partial charge in [-0.05, 0) is 69.6 Å². The van der Waals surface area contributed by atoms with Crippen molar-refractivity contribution in [2.24, 2.45) is 0 Å². The quantitative estimate of drug-likeness (QED) is 0.637. The van der Waals surface area contributed by atoms with Crippen LogP contribution in [-0.2, 0) is 12.8 Å². The molecule has 108 valence electrons. The van der Waals surface area contributed by atoms with E-state index in [1.807, 2.05) is 7.05 Å². The zero-order valence-corrected chi connectivity index (χ0v) is 12.6. The summed E-state index contributed by atoms with van der Waals surface area (Å²) in [6.07, 6.45) is 4.59. The van der Waals surface area contributed by atoms with E-state index in [1.165, 1.54) is 24.0 Å². The van der Waals surface area contributed by atoms with Gasteiger partial charge in [-0.1, -0.05) is 19.1 Å². The first-order valence-electron chi connectivity index (χ1n) is 7.33. The number of methoxy groups -OCH3 is 1. The molecule has 0 aliphatic heterocycles. The third-order valence-electron chi connectivity index (χ3n) is 3.35. The Bertz CT molecular complexity index is 353. The third kappa shape index (κ3) is 6.08. The third-order valence-corrected chi connectivity index (χ3v) is 3.35. The van der Waals surface area contributed by atoms with Crippen LogP contribution >= 0.6 is 0 Å². The van der Waals surface area contributed by atoms with Crippen LogP contribution in [0.1, 0.15) is 30.9 Å². The van der Waals surface area contributed by atoms with E-state index in [-0.39, 0.29) is 0 Å². The van der Waals surface area contributed by atoms with Gasteiger partial charge < -0.3 is 15.4 Å². The number of aryl methyl sites for hydroxylation is 1. The number of ether oxygens (including phenoxy) is 1. The molecule has 0 aliphatic carbocycles. The Hall–Kier alpha value is -1.06. The molecule has 0 unspecified atom stereocenters. The molecular formula is C16H28N2O. The molecule has 1 aromatic rings. The first-order chi connectivity index (χ1) is 9.31.